The van der Waals surface area contributed by atoms with Gasteiger partial charge in [-0.25, -0.2) is 0 Å². The van der Waals surface area contributed by atoms with Crippen LogP contribution in [0.15, 0.2) is 35.3 Å². The number of likely N-dealkylation sites (tertiary alicyclic amines) is 1. The number of amides is 1. The van der Waals surface area contributed by atoms with Crippen LogP contribution in [0.1, 0.15) is 39.2 Å². The lowest BCUT2D eigenvalue weighted by atomic mass is 9.86. The number of guanidine groups is 1. The lowest BCUT2D eigenvalue weighted by Gasteiger charge is -2.40. The minimum atomic E-state index is -0.0231. The van der Waals surface area contributed by atoms with Gasteiger partial charge in [0.25, 0.3) is 0 Å². The van der Waals surface area contributed by atoms with E-state index in [9.17, 15) is 4.79 Å². The molecule has 1 aromatic carbocycles. The molecule has 2 saturated heterocycles. The number of benzene rings is 1. The molecule has 6 heteroatoms. The first-order chi connectivity index (χ1) is 14.4. The van der Waals surface area contributed by atoms with Crippen LogP contribution in [0.5, 0.6) is 0 Å². The van der Waals surface area contributed by atoms with Crippen LogP contribution >= 0.6 is 0 Å². The third-order valence-corrected chi connectivity index (χ3v) is 6.40. The molecule has 166 valence electrons. The maximum absolute atomic E-state index is 12.7. The molecule has 0 aliphatic carbocycles. The molecular formula is C24H39N5O. The molecule has 3 rings (SSSR count). The number of aliphatic imine (C=N–C) groups is 1. The molecule has 0 aromatic heterocycles. The molecule has 1 N–H and O–H groups in total. The Labute approximate surface area is 182 Å². The van der Waals surface area contributed by atoms with Crippen molar-refractivity contribution in [3.63, 3.8) is 0 Å². The summed E-state index contributed by atoms with van der Waals surface area (Å²) < 4.78 is 0. The quantitative estimate of drug-likeness (QED) is 0.575. The first-order valence-electron chi connectivity index (χ1n) is 11.4. The Balaban J connectivity index is 1.47. The minimum Gasteiger partial charge on any atom is -0.356 e. The molecular weight excluding hydrogens is 374 g/mol. The second-order valence-corrected chi connectivity index (χ2v) is 9.46. The highest BCUT2D eigenvalue weighted by Gasteiger charge is 2.30. The van der Waals surface area contributed by atoms with Crippen LogP contribution in [0, 0.1) is 5.41 Å². The summed E-state index contributed by atoms with van der Waals surface area (Å²) in [6, 6.07) is 10.6. The van der Waals surface area contributed by atoms with Crippen molar-refractivity contribution in [2.45, 2.75) is 46.1 Å². The Hall–Kier alpha value is -2.08. The standard InChI is InChI=1S/C24H39N5O/c1-20(22(30)28-12-8-9-13-28)27-14-16-29(17-15-27)23(25-4)26-19-24(2,3)18-21-10-6-5-7-11-21/h5-7,10-11,20H,8-9,12-19H2,1-4H3,(H,25,26). The van der Waals surface area contributed by atoms with Crippen molar-refractivity contribution in [2.24, 2.45) is 10.4 Å². The lowest BCUT2D eigenvalue weighted by molar-refractivity contribution is -0.135. The van der Waals surface area contributed by atoms with Crippen LogP contribution in [0.4, 0.5) is 0 Å². The molecule has 0 radical (unpaired) electrons. The average molecular weight is 414 g/mol. The second kappa shape index (κ2) is 10.3. The van der Waals surface area contributed by atoms with Crippen LogP contribution in [-0.2, 0) is 11.2 Å². The Morgan fingerprint density at radius 3 is 2.27 bits per heavy atom. The topological polar surface area (TPSA) is 51.2 Å². The fourth-order valence-electron chi connectivity index (χ4n) is 4.54. The number of piperazine rings is 1. The van der Waals surface area contributed by atoms with Crippen molar-refractivity contribution >= 4 is 11.9 Å². The van der Waals surface area contributed by atoms with Crippen molar-refractivity contribution < 1.29 is 4.79 Å². The summed E-state index contributed by atoms with van der Waals surface area (Å²) in [5.74, 6) is 1.26. The maximum atomic E-state index is 12.7. The molecule has 30 heavy (non-hydrogen) atoms. The van der Waals surface area contributed by atoms with Gasteiger partial charge < -0.3 is 15.1 Å². The van der Waals surface area contributed by atoms with E-state index >= 15 is 0 Å². The number of rotatable bonds is 6. The van der Waals surface area contributed by atoms with E-state index < -0.39 is 0 Å². The van der Waals surface area contributed by atoms with Gasteiger partial charge in [0.1, 0.15) is 0 Å². The van der Waals surface area contributed by atoms with Gasteiger partial charge in [-0.3, -0.25) is 14.7 Å². The lowest BCUT2D eigenvalue weighted by Crippen LogP contribution is -2.57. The third-order valence-electron chi connectivity index (χ3n) is 6.40. The maximum Gasteiger partial charge on any atom is 0.239 e. The SMILES string of the molecule is CN=C(NCC(C)(C)Cc1ccccc1)N1CCN(C(C)C(=O)N2CCCC2)CC1. The average Bonchev–Trinajstić information content (AvgIpc) is 3.29. The largest absolute Gasteiger partial charge is 0.356 e. The van der Waals surface area contributed by atoms with Crippen molar-refractivity contribution in [1.29, 1.82) is 0 Å². The summed E-state index contributed by atoms with van der Waals surface area (Å²) in [6.45, 7) is 13.0. The Bertz CT molecular complexity index is 704. The first-order valence-corrected chi connectivity index (χ1v) is 11.4. The second-order valence-electron chi connectivity index (χ2n) is 9.46. The van der Waals surface area contributed by atoms with Crippen LogP contribution < -0.4 is 5.32 Å². The number of nitrogens with one attached hydrogen (secondary N) is 1. The van der Waals surface area contributed by atoms with Crippen LogP contribution in [0.3, 0.4) is 0 Å². The van der Waals surface area contributed by atoms with Gasteiger partial charge in [-0.15, -0.1) is 0 Å². The summed E-state index contributed by atoms with van der Waals surface area (Å²) in [6.07, 6.45) is 3.32. The molecule has 0 saturated carbocycles. The molecule has 0 spiro atoms. The molecule has 2 heterocycles. The number of carbonyl (C=O) groups excluding carboxylic acids is 1. The first kappa shape index (κ1) is 22.6. The van der Waals surface area contributed by atoms with E-state index in [1.165, 1.54) is 5.56 Å². The van der Waals surface area contributed by atoms with Crippen molar-refractivity contribution in [3.05, 3.63) is 35.9 Å². The van der Waals surface area contributed by atoms with E-state index in [4.69, 9.17) is 0 Å². The Morgan fingerprint density at radius 1 is 1.03 bits per heavy atom. The summed E-state index contributed by atoms with van der Waals surface area (Å²) >= 11 is 0. The van der Waals surface area contributed by atoms with Crippen molar-refractivity contribution in [1.82, 2.24) is 20.0 Å². The highest BCUT2D eigenvalue weighted by molar-refractivity contribution is 5.82. The number of carbonyl (C=O) groups is 1. The summed E-state index contributed by atoms with van der Waals surface area (Å²) in [5.41, 5.74) is 1.50. The van der Waals surface area contributed by atoms with Crippen LogP contribution in [-0.4, -0.2) is 85.5 Å². The number of hydrogen-bond donors (Lipinski definition) is 1. The van der Waals surface area contributed by atoms with Gasteiger partial charge in [-0.2, -0.15) is 0 Å². The van der Waals surface area contributed by atoms with E-state index in [-0.39, 0.29) is 11.5 Å². The Morgan fingerprint density at radius 2 is 1.67 bits per heavy atom. The van der Waals surface area contributed by atoms with E-state index in [1.54, 1.807) is 0 Å². The molecule has 1 unspecified atom stereocenters. The van der Waals surface area contributed by atoms with Gasteiger partial charge >= 0.3 is 0 Å². The van der Waals surface area contributed by atoms with Crippen LogP contribution in [0.25, 0.3) is 0 Å². The van der Waals surface area contributed by atoms with Gasteiger partial charge in [0, 0.05) is 52.9 Å². The normalized spacial score (nSPS) is 19.8. The monoisotopic (exact) mass is 413 g/mol. The highest BCUT2D eigenvalue weighted by Crippen LogP contribution is 2.21. The predicted octanol–water partition coefficient (Wildman–Crippen LogP) is 2.46. The van der Waals surface area contributed by atoms with E-state index in [0.717, 1.165) is 71.0 Å². The van der Waals surface area contributed by atoms with Gasteiger partial charge in [0.2, 0.25) is 5.91 Å². The summed E-state index contributed by atoms with van der Waals surface area (Å²) in [4.78, 5) is 23.9. The molecule has 1 aromatic rings. The third kappa shape index (κ3) is 5.97. The zero-order chi connectivity index (χ0) is 21.6. The van der Waals surface area contributed by atoms with Crippen molar-refractivity contribution in [2.75, 3.05) is 52.9 Å². The van der Waals surface area contributed by atoms with Gasteiger partial charge in [0.05, 0.1) is 6.04 Å². The fraction of sp³-hybridized carbons (Fsp3) is 0.667. The van der Waals surface area contributed by atoms with Gasteiger partial charge in [-0.1, -0.05) is 44.2 Å². The van der Waals surface area contributed by atoms with E-state index in [2.05, 4.69) is 71.2 Å². The molecule has 6 nitrogen and oxygen atoms in total. The minimum absolute atomic E-state index is 0.0231. The van der Waals surface area contributed by atoms with Gasteiger partial charge in [-0.05, 0) is 37.2 Å². The predicted molar refractivity (Wildman–Crippen MR) is 124 cm³/mol. The van der Waals surface area contributed by atoms with E-state index in [0.29, 0.717) is 5.91 Å². The fourth-order valence-corrected chi connectivity index (χ4v) is 4.54. The van der Waals surface area contributed by atoms with Crippen molar-refractivity contribution in [3.8, 4) is 0 Å². The zero-order valence-corrected chi connectivity index (χ0v) is 19.2. The molecule has 2 fully saturated rings. The molecule has 1 atom stereocenters. The Kier molecular flexibility index (Phi) is 7.75. The number of nitrogens with zero attached hydrogens (tertiary/aromatic N) is 4. The zero-order valence-electron chi connectivity index (χ0n) is 19.2. The molecule has 1 amide bonds. The molecule has 0 bridgehead atoms. The molecule has 2 aliphatic heterocycles. The highest BCUT2D eigenvalue weighted by atomic mass is 16.2. The molecule has 2 aliphatic rings. The van der Waals surface area contributed by atoms with Gasteiger partial charge in [0.15, 0.2) is 5.96 Å². The van der Waals surface area contributed by atoms with Crippen LogP contribution in [0.2, 0.25) is 0 Å². The summed E-state index contributed by atoms with van der Waals surface area (Å²) in [7, 11) is 1.86. The summed E-state index contributed by atoms with van der Waals surface area (Å²) in [5, 5.41) is 3.59. The smallest absolute Gasteiger partial charge is 0.239 e. The number of hydrogen-bond acceptors (Lipinski definition) is 3. The van der Waals surface area contributed by atoms with E-state index in [1.807, 2.05) is 11.9 Å².